The van der Waals surface area contributed by atoms with Crippen LogP contribution in [0, 0.1) is 12.8 Å². The number of hydrogen-bond acceptors (Lipinski definition) is 5. The molecular weight excluding hydrogens is 445 g/mol. The van der Waals surface area contributed by atoms with E-state index in [-0.39, 0.29) is 18.4 Å². The van der Waals surface area contributed by atoms with Crippen molar-refractivity contribution in [2.45, 2.75) is 32.5 Å². The zero-order chi connectivity index (χ0) is 24.1. The number of ether oxygens (including phenoxy) is 1. The van der Waals surface area contributed by atoms with E-state index in [1.165, 1.54) is 6.07 Å². The molecule has 1 amide bonds. The highest BCUT2D eigenvalue weighted by Gasteiger charge is 2.31. The Balaban J connectivity index is 1.34. The van der Waals surface area contributed by atoms with Crippen LogP contribution in [0.5, 0.6) is 11.6 Å². The van der Waals surface area contributed by atoms with Crippen LogP contribution in [0.3, 0.4) is 0 Å². The summed E-state index contributed by atoms with van der Waals surface area (Å²) in [6, 6.07) is 12.7. The lowest BCUT2D eigenvalue weighted by Gasteiger charge is -2.32. The standard InChI is InChI=1S/C25H25F3N4O2/c1-17-4-2-7-21(14-17)34-24-22(29-10-11-30-24)32-12-8-19(9-13-32)23(33)31-16-18-5-3-6-20(15-18)25(26,27)28/h2-7,10-11,14-15,19H,8-9,12-13,16H2,1H3,(H,31,33). The molecule has 3 aromatic rings. The molecule has 0 saturated carbocycles. The minimum absolute atomic E-state index is 0.0572. The number of carbonyl (C=O) groups excluding carboxylic acids is 1. The van der Waals surface area contributed by atoms with Crippen molar-refractivity contribution in [1.29, 1.82) is 0 Å². The van der Waals surface area contributed by atoms with Crippen LogP contribution in [-0.4, -0.2) is 29.0 Å². The van der Waals surface area contributed by atoms with Crippen molar-refractivity contribution in [3.8, 4) is 11.6 Å². The predicted molar refractivity (Wildman–Crippen MR) is 122 cm³/mol. The summed E-state index contributed by atoms with van der Waals surface area (Å²) in [5.41, 5.74) is 0.762. The number of anilines is 1. The van der Waals surface area contributed by atoms with Gasteiger partial charge in [0.25, 0.3) is 5.88 Å². The molecule has 4 rings (SSSR count). The van der Waals surface area contributed by atoms with Crippen molar-refractivity contribution in [3.63, 3.8) is 0 Å². The Morgan fingerprint density at radius 1 is 1.09 bits per heavy atom. The monoisotopic (exact) mass is 470 g/mol. The molecule has 9 heteroatoms. The lowest BCUT2D eigenvalue weighted by atomic mass is 9.96. The van der Waals surface area contributed by atoms with Crippen molar-refractivity contribution < 1.29 is 22.7 Å². The molecule has 0 atom stereocenters. The van der Waals surface area contributed by atoms with Crippen LogP contribution in [0.25, 0.3) is 0 Å². The van der Waals surface area contributed by atoms with Gasteiger partial charge in [0.05, 0.1) is 5.56 Å². The Hall–Kier alpha value is -3.62. The summed E-state index contributed by atoms with van der Waals surface area (Å²) in [7, 11) is 0. The summed E-state index contributed by atoms with van der Waals surface area (Å²) >= 11 is 0. The minimum atomic E-state index is -4.41. The smallest absolute Gasteiger partial charge is 0.416 e. The summed E-state index contributed by atoms with van der Waals surface area (Å²) in [5.74, 6) is 1.31. The maximum absolute atomic E-state index is 12.9. The van der Waals surface area contributed by atoms with Crippen LogP contribution in [0.1, 0.15) is 29.5 Å². The van der Waals surface area contributed by atoms with Gasteiger partial charge in [0.15, 0.2) is 5.82 Å². The lowest BCUT2D eigenvalue weighted by molar-refractivity contribution is -0.137. The largest absolute Gasteiger partial charge is 0.436 e. The van der Waals surface area contributed by atoms with Crippen LogP contribution in [-0.2, 0) is 17.5 Å². The van der Waals surface area contributed by atoms with E-state index < -0.39 is 11.7 Å². The van der Waals surface area contributed by atoms with Crippen LogP contribution in [0.4, 0.5) is 19.0 Å². The normalized spacial score (nSPS) is 14.6. The number of carbonyl (C=O) groups is 1. The maximum Gasteiger partial charge on any atom is 0.416 e. The molecule has 0 spiro atoms. The fourth-order valence-electron chi connectivity index (χ4n) is 3.94. The maximum atomic E-state index is 12.9. The van der Waals surface area contributed by atoms with Gasteiger partial charge in [-0.1, -0.05) is 24.3 Å². The predicted octanol–water partition coefficient (Wildman–Crippen LogP) is 5.13. The first kappa shape index (κ1) is 23.5. The van der Waals surface area contributed by atoms with Crippen molar-refractivity contribution in [1.82, 2.24) is 15.3 Å². The van der Waals surface area contributed by atoms with Crippen LogP contribution < -0.4 is 15.0 Å². The molecule has 1 saturated heterocycles. The van der Waals surface area contributed by atoms with Crippen molar-refractivity contribution in [3.05, 3.63) is 77.6 Å². The highest BCUT2D eigenvalue weighted by molar-refractivity contribution is 5.79. The highest BCUT2D eigenvalue weighted by Crippen LogP contribution is 2.32. The van der Waals surface area contributed by atoms with Gasteiger partial charge >= 0.3 is 6.18 Å². The minimum Gasteiger partial charge on any atom is -0.436 e. The van der Waals surface area contributed by atoms with E-state index in [4.69, 9.17) is 4.74 Å². The Labute approximate surface area is 195 Å². The summed E-state index contributed by atoms with van der Waals surface area (Å²) in [4.78, 5) is 23.4. The number of benzene rings is 2. The average Bonchev–Trinajstić information content (AvgIpc) is 2.83. The van der Waals surface area contributed by atoms with Gasteiger partial charge in [-0.05, 0) is 55.2 Å². The molecule has 1 aliphatic rings. The van der Waals surface area contributed by atoms with E-state index in [1.54, 1.807) is 18.5 Å². The molecule has 178 valence electrons. The Bertz CT molecular complexity index is 1140. The van der Waals surface area contributed by atoms with Crippen molar-refractivity contribution in [2.24, 2.45) is 5.92 Å². The van der Waals surface area contributed by atoms with Gasteiger partial charge in [0.1, 0.15) is 5.75 Å². The molecule has 0 aliphatic carbocycles. The fraction of sp³-hybridized carbons (Fsp3) is 0.320. The number of nitrogens with zero attached hydrogens (tertiary/aromatic N) is 3. The summed E-state index contributed by atoms with van der Waals surface area (Å²) in [6.07, 6.45) is -0.0479. The van der Waals surface area contributed by atoms with Gasteiger partial charge in [-0.25, -0.2) is 9.97 Å². The van der Waals surface area contributed by atoms with Crippen LogP contribution >= 0.6 is 0 Å². The molecule has 1 fully saturated rings. The molecule has 34 heavy (non-hydrogen) atoms. The number of amides is 1. The molecule has 6 nitrogen and oxygen atoms in total. The third-order valence-electron chi connectivity index (χ3n) is 5.74. The quantitative estimate of drug-likeness (QED) is 0.541. The second kappa shape index (κ2) is 10.1. The molecule has 1 N–H and O–H groups in total. The third kappa shape index (κ3) is 5.84. The fourth-order valence-corrected chi connectivity index (χ4v) is 3.94. The van der Waals surface area contributed by atoms with Crippen molar-refractivity contribution in [2.75, 3.05) is 18.0 Å². The molecular formula is C25H25F3N4O2. The highest BCUT2D eigenvalue weighted by atomic mass is 19.4. The van der Waals surface area contributed by atoms with Crippen LogP contribution in [0.15, 0.2) is 60.9 Å². The lowest BCUT2D eigenvalue weighted by Crippen LogP contribution is -2.40. The van der Waals surface area contributed by atoms with Crippen LogP contribution in [0.2, 0.25) is 0 Å². The Morgan fingerprint density at radius 3 is 2.56 bits per heavy atom. The number of piperidine rings is 1. The Morgan fingerprint density at radius 2 is 1.82 bits per heavy atom. The van der Waals surface area contributed by atoms with Gasteiger partial charge in [-0.15, -0.1) is 0 Å². The second-order valence-electron chi connectivity index (χ2n) is 8.28. The van der Waals surface area contributed by atoms with E-state index in [9.17, 15) is 18.0 Å². The second-order valence-corrected chi connectivity index (χ2v) is 8.28. The van der Waals surface area contributed by atoms with E-state index in [0.29, 0.717) is 48.9 Å². The topological polar surface area (TPSA) is 67.4 Å². The number of aromatic nitrogens is 2. The first-order valence-electron chi connectivity index (χ1n) is 11.0. The molecule has 1 aliphatic heterocycles. The number of hydrogen-bond donors (Lipinski definition) is 1. The molecule has 0 radical (unpaired) electrons. The van der Waals surface area contributed by atoms with Gasteiger partial charge in [0, 0.05) is 37.9 Å². The van der Waals surface area contributed by atoms with E-state index in [2.05, 4.69) is 15.3 Å². The first-order chi connectivity index (χ1) is 16.3. The number of aryl methyl sites for hydroxylation is 1. The average molecular weight is 470 g/mol. The number of nitrogens with one attached hydrogen (secondary N) is 1. The van der Waals surface area contributed by atoms with E-state index in [1.807, 2.05) is 36.1 Å². The zero-order valence-corrected chi connectivity index (χ0v) is 18.7. The van der Waals surface area contributed by atoms with E-state index >= 15 is 0 Å². The molecule has 0 unspecified atom stereocenters. The first-order valence-corrected chi connectivity index (χ1v) is 11.0. The SMILES string of the molecule is Cc1cccc(Oc2nccnc2N2CCC(C(=O)NCc3cccc(C(F)(F)F)c3)CC2)c1. The van der Waals surface area contributed by atoms with Gasteiger partial charge < -0.3 is 15.0 Å². The van der Waals surface area contributed by atoms with Gasteiger partial charge in [-0.3, -0.25) is 4.79 Å². The molecule has 2 aromatic carbocycles. The summed E-state index contributed by atoms with van der Waals surface area (Å²) in [5, 5.41) is 2.77. The Kier molecular flexibility index (Phi) is 7.00. The van der Waals surface area contributed by atoms with E-state index in [0.717, 1.165) is 17.7 Å². The van der Waals surface area contributed by atoms with Gasteiger partial charge in [-0.2, -0.15) is 13.2 Å². The third-order valence-corrected chi connectivity index (χ3v) is 5.74. The number of halogens is 3. The summed E-state index contributed by atoms with van der Waals surface area (Å²) in [6.45, 7) is 3.21. The number of rotatable bonds is 6. The zero-order valence-electron chi connectivity index (χ0n) is 18.7. The molecule has 1 aromatic heterocycles. The van der Waals surface area contributed by atoms with Gasteiger partial charge in [0.2, 0.25) is 5.91 Å². The number of alkyl halides is 3. The van der Waals surface area contributed by atoms with Crippen molar-refractivity contribution >= 4 is 11.7 Å². The molecule has 2 heterocycles. The molecule has 0 bridgehead atoms. The summed E-state index contributed by atoms with van der Waals surface area (Å²) < 4.78 is 44.6.